The number of halogens is 3. The molecule has 1 spiro atoms. The van der Waals surface area contributed by atoms with Gasteiger partial charge in [-0.25, -0.2) is 4.98 Å². The minimum Gasteiger partial charge on any atom is -0.348 e. The number of hydrogen-bond acceptors (Lipinski definition) is 3. The second-order valence-electron chi connectivity index (χ2n) is 8.66. The van der Waals surface area contributed by atoms with Gasteiger partial charge in [-0.1, -0.05) is 23.8 Å². The van der Waals surface area contributed by atoms with Gasteiger partial charge in [0.1, 0.15) is 5.82 Å². The van der Waals surface area contributed by atoms with Crippen molar-refractivity contribution in [3.63, 3.8) is 0 Å². The number of fused-ring (bicyclic) bond motifs is 3. The first-order valence-electron chi connectivity index (χ1n) is 10.5. The molecule has 1 aromatic heterocycles. The van der Waals surface area contributed by atoms with Gasteiger partial charge in [0.2, 0.25) is 5.91 Å². The van der Waals surface area contributed by atoms with Gasteiger partial charge in [0.15, 0.2) is 0 Å². The summed E-state index contributed by atoms with van der Waals surface area (Å²) in [6, 6.07) is 12.7. The van der Waals surface area contributed by atoms with E-state index in [1.807, 2.05) is 12.1 Å². The van der Waals surface area contributed by atoms with Gasteiger partial charge >= 0.3 is 6.18 Å². The standard InChI is InChI=1S/C25H20F3N3O2/c1-14-7-15(9-19(8-14)25(26,27)28)13-30-22(32)16-4-5-17-11-24(12-18(17)10-16)20-3-2-6-29-21(20)31-23(24)33/h2-10H,11-13H2,1H3,(H,30,32)(H,29,31,33). The zero-order chi connectivity index (χ0) is 23.4. The molecule has 1 aliphatic heterocycles. The van der Waals surface area contributed by atoms with Crippen molar-refractivity contribution in [2.45, 2.75) is 37.9 Å². The molecule has 1 unspecified atom stereocenters. The lowest BCUT2D eigenvalue weighted by Crippen LogP contribution is -2.35. The topological polar surface area (TPSA) is 71.1 Å². The summed E-state index contributed by atoms with van der Waals surface area (Å²) in [6.45, 7) is 1.57. The van der Waals surface area contributed by atoms with E-state index in [1.54, 1.807) is 37.4 Å². The number of pyridine rings is 1. The molecule has 33 heavy (non-hydrogen) atoms. The van der Waals surface area contributed by atoms with Gasteiger partial charge in [-0.05, 0) is 66.8 Å². The molecule has 0 saturated heterocycles. The van der Waals surface area contributed by atoms with Crippen LogP contribution in [0.2, 0.25) is 0 Å². The van der Waals surface area contributed by atoms with Gasteiger partial charge in [-0.2, -0.15) is 13.2 Å². The average Bonchev–Trinajstić information content (AvgIpc) is 3.28. The molecule has 168 valence electrons. The SMILES string of the molecule is Cc1cc(CNC(=O)c2ccc3c(c2)CC2(C3)C(=O)Nc3ncccc32)cc(C(F)(F)F)c1. The van der Waals surface area contributed by atoms with Crippen molar-refractivity contribution in [3.05, 3.63) is 93.7 Å². The van der Waals surface area contributed by atoms with E-state index in [9.17, 15) is 22.8 Å². The maximum Gasteiger partial charge on any atom is 0.416 e. The molecule has 5 rings (SSSR count). The molecule has 3 aromatic rings. The maximum atomic E-state index is 13.1. The Morgan fingerprint density at radius 2 is 1.91 bits per heavy atom. The van der Waals surface area contributed by atoms with Crippen LogP contribution in [0.1, 0.15) is 43.7 Å². The summed E-state index contributed by atoms with van der Waals surface area (Å²) in [7, 11) is 0. The molecule has 2 aromatic carbocycles. The monoisotopic (exact) mass is 451 g/mol. The predicted octanol–water partition coefficient (Wildman–Crippen LogP) is 4.33. The van der Waals surface area contributed by atoms with E-state index in [0.29, 0.717) is 35.3 Å². The molecule has 0 fully saturated rings. The van der Waals surface area contributed by atoms with E-state index in [2.05, 4.69) is 15.6 Å². The van der Waals surface area contributed by atoms with Gasteiger partial charge in [0.25, 0.3) is 5.91 Å². The van der Waals surface area contributed by atoms with Crippen molar-refractivity contribution in [1.82, 2.24) is 10.3 Å². The molecule has 8 heteroatoms. The van der Waals surface area contributed by atoms with E-state index in [-0.39, 0.29) is 18.4 Å². The van der Waals surface area contributed by atoms with Crippen LogP contribution in [0.25, 0.3) is 0 Å². The maximum absolute atomic E-state index is 13.1. The molecular formula is C25H20F3N3O2. The molecule has 2 heterocycles. The van der Waals surface area contributed by atoms with Crippen molar-refractivity contribution in [2.75, 3.05) is 5.32 Å². The lowest BCUT2D eigenvalue weighted by Gasteiger charge is -2.20. The Bertz CT molecular complexity index is 1300. The molecule has 5 nitrogen and oxygen atoms in total. The molecule has 1 aliphatic carbocycles. The summed E-state index contributed by atoms with van der Waals surface area (Å²) in [5, 5.41) is 5.55. The first-order chi connectivity index (χ1) is 15.7. The van der Waals surface area contributed by atoms with Crippen LogP contribution in [-0.4, -0.2) is 16.8 Å². The first kappa shape index (κ1) is 21.2. The zero-order valence-corrected chi connectivity index (χ0v) is 17.7. The van der Waals surface area contributed by atoms with Crippen molar-refractivity contribution in [3.8, 4) is 0 Å². The molecule has 2 aliphatic rings. The second kappa shape index (κ2) is 7.43. The third-order valence-electron chi connectivity index (χ3n) is 6.36. The smallest absolute Gasteiger partial charge is 0.348 e. The zero-order valence-electron chi connectivity index (χ0n) is 17.7. The second-order valence-corrected chi connectivity index (χ2v) is 8.66. The van der Waals surface area contributed by atoms with E-state index < -0.39 is 17.2 Å². The number of amides is 2. The number of nitrogens with one attached hydrogen (secondary N) is 2. The van der Waals surface area contributed by atoms with Gasteiger partial charge in [-0.3, -0.25) is 9.59 Å². The Hall–Kier alpha value is -3.68. The number of aryl methyl sites for hydroxylation is 1. The normalized spacial score (nSPS) is 18.7. The molecule has 2 N–H and O–H groups in total. The molecule has 0 bridgehead atoms. The first-order valence-corrected chi connectivity index (χ1v) is 10.5. The van der Waals surface area contributed by atoms with Crippen LogP contribution in [0, 0.1) is 6.92 Å². The largest absolute Gasteiger partial charge is 0.416 e. The minimum atomic E-state index is -4.44. The van der Waals surface area contributed by atoms with Crippen molar-refractivity contribution >= 4 is 17.6 Å². The molecule has 2 amide bonds. The van der Waals surface area contributed by atoms with E-state index in [0.717, 1.165) is 28.8 Å². The highest BCUT2D eigenvalue weighted by Crippen LogP contribution is 2.46. The molecule has 0 radical (unpaired) electrons. The highest BCUT2D eigenvalue weighted by atomic mass is 19.4. The van der Waals surface area contributed by atoms with Crippen LogP contribution in [-0.2, 0) is 35.8 Å². The average molecular weight is 451 g/mol. The number of carbonyl (C=O) groups excluding carboxylic acids is 2. The summed E-state index contributed by atoms with van der Waals surface area (Å²) < 4.78 is 39.2. The Morgan fingerprint density at radius 3 is 2.70 bits per heavy atom. The van der Waals surface area contributed by atoms with Gasteiger partial charge < -0.3 is 10.6 Å². The Labute approximate surface area is 188 Å². The summed E-state index contributed by atoms with van der Waals surface area (Å²) in [5.41, 5.74) is 2.55. The summed E-state index contributed by atoms with van der Waals surface area (Å²) in [5.74, 6) is 0.0923. The van der Waals surface area contributed by atoms with Crippen molar-refractivity contribution in [2.24, 2.45) is 0 Å². The van der Waals surface area contributed by atoms with Crippen LogP contribution < -0.4 is 10.6 Å². The van der Waals surface area contributed by atoms with Gasteiger partial charge in [0.05, 0.1) is 11.0 Å². The Morgan fingerprint density at radius 1 is 1.12 bits per heavy atom. The number of carbonyl (C=O) groups is 2. The van der Waals surface area contributed by atoms with Crippen LogP contribution in [0.15, 0.2) is 54.7 Å². The molecular weight excluding hydrogens is 431 g/mol. The lowest BCUT2D eigenvalue weighted by molar-refractivity contribution is -0.137. The fourth-order valence-corrected chi connectivity index (χ4v) is 4.82. The highest BCUT2D eigenvalue weighted by molar-refractivity contribution is 6.06. The Balaban J connectivity index is 1.34. The van der Waals surface area contributed by atoms with Gasteiger partial charge in [-0.15, -0.1) is 0 Å². The minimum absolute atomic E-state index is 0.0218. The van der Waals surface area contributed by atoms with Gasteiger partial charge in [0, 0.05) is 23.9 Å². The molecule has 0 saturated carbocycles. The third-order valence-corrected chi connectivity index (χ3v) is 6.36. The summed E-state index contributed by atoms with van der Waals surface area (Å²) >= 11 is 0. The number of alkyl halides is 3. The number of anilines is 1. The van der Waals surface area contributed by atoms with Crippen molar-refractivity contribution < 1.29 is 22.8 Å². The summed E-state index contributed by atoms with van der Waals surface area (Å²) in [6.07, 6.45) is -1.82. The number of nitrogens with zero attached hydrogens (tertiary/aromatic N) is 1. The predicted molar refractivity (Wildman–Crippen MR) is 116 cm³/mol. The molecule has 1 atom stereocenters. The Kier molecular flexibility index (Phi) is 4.77. The fraction of sp³-hybridized carbons (Fsp3) is 0.240. The van der Waals surface area contributed by atoms with Crippen LogP contribution in [0.3, 0.4) is 0 Å². The third kappa shape index (κ3) is 3.65. The van der Waals surface area contributed by atoms with Crippen LogP contribution >= 0.6 is 0 Å². The van der Waals surface area contributed by atoms with E-state index >= 15 is 0 Å². The van der Waals surface area contributed by atoms with Crippen molar-refractivity contribution in [1.29, 1.82) is 0 Å². The number of aromatic nitrogens is 1. The fourth-order valence-electron chi connectivity index (χ4n) is 4.82. The number of rotatable bonds is 3. The summed E-state index contributed by atoms with van der Waals surface area (Å²) in [4.78, 5) is 29.8. The lowest BCUT2D eigenvalue weighted by atomic mass is 9.79. The number of benzene rings is 2. The number of hydrogen-bond donors (Lipinski definition) is 2. The quantitative estimate of drug-likeness (QED) is 0.623. The van der Waals surface area contributed by atoms with E-state index in [1.165, 1.54) is 0 Å². The highest BCUT2D eigenvalue weighted by Gasteiger charge is 2.51. The van der Waals surface area contributed by atoms with Crippen LogP contribution in [0.4, 0.5) is 19.0 Å². The van der Waals surface area contributed by atoms with E-state index in [4.69, 9.17) is 0 Å². The van der Waals surface area contributed by atoms with Crippen LogP contribution in [0.5, 0.6) is 0 Å².